The Balaban J connectivity index is 2.36. The highest BCUT2D eigenvalue weighted by Crippen LogP contribution is 2.30. The Hall–Kier alpha value is -1.79. The minimum atomic E-state index is -0.395. The standard InChI is InChI=1S/C14H17N3O2S/c1-2-3-13-16-14(12(20-13)8-9-15)10-4-6-11(7-5-10)17(18)19/h4-7H,2-3,8-9,15H2,1H3. The predicted octanol–water partition coefficient (Wildman–Crippen LogP) is 3.17. The maximum Gasteiger partial charge on any atom is 0.269 e. The molecule has 1 aromatic carbocycles. The Morgan fingerprint density at radius 2 is 2.00 bits per heavy atom. The minimum absolute atomic E-state index is 0.0955. The van der Waals surface area contributed by atoms with E-state index in [1.807, 2.05) is 0 Å². The van der Waals surface area contributed by atoms with Gasteiger partial charge in [-0.3, -0.25) is 10.1 Å². The summed E-state index contributed by atoms with van der Waals surface area (Å²) in [5.74, 6) is 0. The third-order valence-corrected chi connectivity index (χ3v) is 4.10. The maximum absolute atomic E-state index is 10.7. The third kappa shape index (κ3) is 3.20. The normalized spacial score (nSPS) is 10.7. The minimum Gasteiger partial charge on any atom is -0.330 e. The molecule has 1 heterocycles. The number of rotatable bonds is 6. The monoisotopic (exact) mass is 291 g/mol. The maximum atomic E-state index is 10.7. The first-order valence-corrected chi connectivity index (χ1v) is 7.40. The zero-order valence-electron chi connectivity index (χ0n) is 11.3. The molecule has 2 N–H and O–H groups in total. The molecular weight excluding hydrogens is 274 g/mol. The molecular formula is C14H17N3O2S. The van der Waals surface area contributed by atoms with Crippen molar-refractivity contribution in [2.24, 2.45) is 5.73 Å². The first-order chi connectivity index (χ1) is 9.65. The number of aryl methyl sites for hydroxylation is 1. The summed E-state index contributed by atoms with van der Waals surface area (Å²) in [4.78, 5) is 16.1. The van der Waals surface area contributed by atoms with Crippen molar-refractivity contribution in [1.29, 1.82) is 0 Å². The van der Waals surface area contributed by atoms with E-state index in [1.165, 1.54) is 12.1 Å². The number of nitro groups is 1. The van der Waals surface area contributed by atoms with Crippen LogP contribution < -0.4 is 5.73 Å². The second-order valence-electron chi connectivity index (χ2n) is 4.47. The SMILES string of the molecule is CCCc1nc(-c2ccc([N+](=O)[O-])cc2)c(CCN)s1. The lowest BCUT2D eigenvalue weighted by molar-refractivity contribution is -0.384. The van der Waals surface area contributed by atoms with E-state index in [0.29, 0.717) is 6.54 Å². The molecule has 1 aromatic heterocycles. The number of hydrogen-bond donors (Lipinski definition) is 1. The van der Waals surface area contributed by atoms with Crippen LogP contribution in [0, 0.1) is 10.1 Å². The van der Waals surface area contributed by atoms with E-state index in [4.69, 9.17) is 5.73 Å². The van der Waals surface area contributed by atoms with Gasteiger partial charge in [0.2, 0.25) is 0 Å². The summed E-state index contributed by atoms with van der Waals surface area (Å²) in [5.41, 5.74) is 7.57. The zero-order chi connectivity index (χ0) is 14.5. The first kappa shape index (κ1) is 14.6. The van der Waals surface area contributed by atoms with Gasteiger partial charge in [0, 0.05) is 22.6 Å². The fraction of sp³-hybridized carbons (Fsp3) is 0.357. The Morgan fingerprint density at radius 3 is 2.55 bits per heavy atom. The molecule has 0 amide bonds. The molecule has 0 aliphatic rings. The van der Waals surface area contributed by atoms with E-state index >= 15 is 0 Å². The topological polar surface area (TPSA) is 82.0 Å². The molecule has 0 fully saturated rings. The van der Waals surface area contributed by atoms with Gasteiger partial charge in [0.15, 0.2) is 0 Å². The molecule has 0 atom stereocenters. The summed E-state index contributed by atoms with van der Waals surface area (Å²) in [6, 6.07) is 6.53. The number of non-ortho nitro benzene ring substituents is 1. The molecule has 0 saturated carbocycles. The highest BCUT2D eigenvalue weighted by Gasteiger charge is 2.13. The molecule has 6 heteroatoms. The van der Waals surface area contributed by atoms with Crippen molar-refractivity contribution in [1.82, 2.24) is 4.98 Å². The van der Waals surface area contributed by atoms with Crippen LogP contribution in [0.15, 0.2) is 24.3 Å². The average Bonchev–Trinajstić information content (AvgIpc) is 2.83. The third-order valence-electron chi connectivity index (χ3n) is 2.93. The number of aromatic nitrogens is 1. The fourth-order valence-electron chi connectivity index (χ4n) is 1.99. The highest BCUT2D eigenvalue weighted by molar-refractivity contribution is 7.12. The summed E-state index contributed by atoms with van der Waals surface area (Å²) in [6.07, 6.45) is 2.79. The van der Waals surface area contributed by atoms with Crippen molar-refractivity contribution in [2.45, 2.75) is 26.2 Å². The van der Waals surface area contributed by atoms with Crippen molar-refractivity contribution in [3.8, 4) is 11.3 Å². The lowest BCUT2D eigenvalue weighted by atomic mass is 10.1. The summed E-state index contributed by atoms with van der Waals surface area (Å²) < 4.78 is 0. The molecule has 0 saturated heterocycles. The number of nitrogens with zero attached hydrogens (tertiary/aromatic N) is 2. The smallest absolute Gasteiger partial charge is 0.269 e. The number of hydrogen-bond acceptors (Lipinski definition) is 5. The molecule has 0 aliphatic carbocycles. The quantitative estimate of drug-likeness (QED) is 0.654. The van der Waals surface area contributed by atoms with E-state index in [-0.39, 0.29) is 5.69 Å². The van der Waals surface area contributed by atoms with Crippen LogP contribution in [0.3, 0.4) is 0 Å². The lowest BCUT2D eigenvalue weighted by Crippen LogP contribution is -2.02. The van der Waals surface area contributed by atoms with Gasteiger partial charge in [-0.15, -0.1) is 11.3 Å². The van der Waals surface area contributed by atoms with Crippen molar-refractivity contribution in [3.63, 3.8) is 0 Å². The summed E-state index contributed by atoms with van der Waals surface area (Å²) in [7, 11) is 0. The summed E-state index contributed by atoms with van der Waals surface area (Å²) in [5, 5.41) is 11.8. The molecule has 0 unspecified atom stereocenters. The van der Waals surface area contributed by atoms with Gasteiger partial charge in [0.1, 0.15) is 0 Å². The van der Waals surface area contributed by atoms with Crippen LogP contribution in [0.5, 0.6) is 0 Å². The Kier molecular flexibility index (Phi) is 4.81. The predicted molar refractivity (Wildman–Crippen MR) is 81.0 cm³/mol. The van der Waals surface area contributed by atoms with Crippen molar-refractivity contribution >= 4 is 17.0 Å². The molecule has 2 aromatic rings. The Morgan fingerprint density at radius 1 is 1.30 bits per heavy atom. The number of nitrogens with two attached hydrogens (primary N) is 1. The molecule has 0 bridgehead atoms. The van der Waals surface area contributed by atoms with Gasteiger partial charge in [0.25, 0.3) is 5.69 Å². The zero-order valence-corrected chi connectivity index (χ0v) is 12.2. The van der Waals surface area contributed by atoms with E-state index in [1.54, 1.807) is 23.5 Å². The lowest BCUT2D eigenvalue weighted by Gasteiger charge is -2.01. The molecule has 2 rings (SSSR count). The average molecular weight is 291 g/mol. The fourth-order valence-corrected chi connectivity index (χ4v) is 3.20. The number of nitro benzene ring substituents is 1. The Labute approximate surface area is 121 Å². The van der Waals surface area contributed by atoms with Crippen LogP contribution in [-0.4, -0.2) is 16.5 Å². The van der Waals surface area contributed by atoms with Crippen LogP contribution in [-0.2, 0) is 12.8 Å². The van der Waals surface area contributed by atoms with Gasteiger partial charge in [-0.05, 0) is 37.9 Å². The second kappa shape index (κ2) is 6.58. The van der Waals surface area contributed by atoms with E-state index < -0.39 is 4.92 Å². The van der Waals surface area contributed by atoms with Gasteiger partial charge >= 0.3 is 0 Å². The highest BCUT2D eigenvalue weighted by atomic mass is 32.1. The largest absolute Gasteiger partial charge is 0.330 e. The molecule has 5 nitrogen and oxygen atoms in total. The number of thiazole rings is 1. The summed E-state index contributed by atoms with van der Waals surface area (Å²) in [6.45, 7) is 2.70. The molecule has 106 valence electrons. The second-order valence-corrected chi connectivity index (χ2v) is 5.64. The molecule has 0 spiro atoms. The van der Waals surface area contributed by atoms with Gasteiger partial charge in [-0.25, -0.2) is 4.98 Å². The van der Waals surface area contributed by atoms with Gasteiger partial charge in [-0.1, -0.05) is 6.92 Å². The van der Waals surface area contributed by atoms with E-state index in [0.717, 1.165) is 40.4 Å². The van der Waals surface area contributed by atoms with Crippen LogP contribution in [0.25, 0.3) is 11.3 Å². The van der Waals surface area contributed by atoms with Crippen LogP contribution in [0.4, 0.5) is 5.69 Å². The Bertz CT molecular complexity index is 593. The van der Waals surface area contributed by atoms with Gasteiger partial charge < -0.3 is 5.73 Å². The van der Waals surface area contributed by atoms with Crippen molar-refractivity contribution in [3.05, 3.63) is 44.3 Å². The summed E-state index contributed by atoms with van der Waals surface area (Å²) >= 11 is 1.69. The molecule has 0 aliphatic heterocycles. The van der Waals surface area contributed by atoms with Crippen molar-refractivity contribution in [2.75, 3.05) is 6.54 Å². The van der Waals surface area contributed by atoms with Crippen LogP contribution in [0.2, 0.25) is 0 Å². The van der Waals surface area contributed by atoms with Crippen molar-refractivity contribution < 1.29 is 4.92 Å². The van der Waals surface area contributed by atoms with E-state index in [2.05, 4.69) is 11.9 Å². The molecule has 0 radical (unpaired) electrons. The van der Waals surface area contributed by atoms with E-state index in [9.17, 15) is 10.1 Å². The first-order valence-electron chi connectivity index (χ1n) is 6.59. The van der Waals surface area contributed by atoms with Crippen LogP contribution >= 0.6 is 11.3 Å². The molecule has 20 heavy (non-hydrogen) atoms. The number of benzene rings is 1. The van der Waals surface area contributed by atoms with Gasteiger partial charge in [-0.2, -0.15) is 0 Å². The van der Waals surface area contributed by atoms with Crippen LogP contribution in [0.1, 0.15) is 23.2 Å². The van der Waals surface area contributed by atoms with Gasteiger partial charge in [0.05, 0.1) is 15.6 Å².